The smallest absolute Gasteiger partial charge is 0.223 e. The van der Waals surface area contributed by atoms with Crippen LogP contribution >= 0.6 is 11.3 Å². The first kappa shape index (κ1) is 35.6. The maximum Gasteiger partial charge on any atom is 0.223 e. The van der Waals surface area contributed by atoms with E-state index in [9.17, 15) is 9.59 Å². The van der Waals surface area contributed by atoms with Crippen molar-refractivity contribution in [3.8, 4) is 0 Å². The predicted molar refractivity (Wildman–Crippen MR) is 178 cm³/mol. The van der Waals surface area contributed by atoms with Crippen LogP contribution in [0.15, 0.2) is 22.6 Å². The molecule has 5 atom stereocenters. The fraction of sp³-hybridized carbons (Fsp3) is 0.735. The first-order valence-corrected chi connectivity index (χ1v) is 19.3. The molecule has 0 fully saturated rings. The molecule has 0 saturated heterocycles. The fourth-order valence-electron chi connectivity index (χ4n) is 5.44. The quantitative estimate of drug-likeness (QED) is 0.276. The SMILES string of the molecule is C/C1=C/CCC[C@H](C)[C@@H](C)[C@H](C)C(=O)C(C)(C)[C@@H](O[Si](C)(C)C(C)(C)C)CC(=O)N[C@H](/C(C)=C/c2csc(C)n2)C1. The standard InChI is InChI=1S/C34H58N2O3SSi/c1-22-16-14-15-17-23(2)25(4)26(5)32(38)34(10,11)30(39-41(12,13)33(7,8)9)20-31(37)36-29(18-22)24(3)19-28-21-40-27(6)35-28/h16,19,21,23,25-26,29-30H,14-15,17-18,20H2,1-13H3,(H,36,37)/b22-16-,24-19+/t23-,25+,26-,29-,30-/m0/s1. The van der Waals surface area contributed by atoms with E-state index >= 15 is 0 Å². The number of ketones is 1. The van der Waals surface area contributed by atoms with E-state index in [2.05, 4.69) is 96.3 Å². The Morgan fingerprint density at radius 2 is 1.78 bits per heavy atom. The molecule has 0 radical (unpaired) electrons. The highest BCUT2D eigenvalue weighted by Crippen LogP contribution is 2.42. The average molecular weight is 603 g/mol. The number of hydrogen-bond donors (Lipinski definition) is 1. The zero-order valence-electron chi connectivity index (χ0n) is 28.2. The highest BCUT2D eigenvalue weighted by atomic mass is 32.1. The molecule has 0 aliphatic carbocycles. The number of hydrogen-bond acceptors (Lipinski definition) is 5. The highest BCUT2D eigenvalue weighted by Gasteiger charge is 2.47. The number of carbonyl (C=O) groups is 2. The summed E-state index contributed by atoms with van der Waals surface area (Å²) in [5, 5.41) is 6.38. The van der Waals surface area contributed by atoms with Crippen molar-refractivity contribution < 1.29 is 14.0 Å². The number of nitrogens with one attached hydrogen (secondary N) is 1. The summed E-state index contributed by atoms with van der Waals surface area (Å²) in [5.41, 5.74) is 2.48. The monoisotopic (exact) mass is 602 g/mol. The molecule has 1 amide bonds. The number of nitrogens with zero attached hydrogens (tertiary/aromatic N) is 1. The van der Waals surface area contributed by atoms with Crippen molar-refractivity contribution in [3.63, 3.8) is 0 Å². The summed E-state index contributed by atoms with van der Waals surface area (Å²) in [7, 11) is -2.27. The maximum absolute atomic E-state index is 14.2. The molecule has 1 aliphatic rings. The molecule has 0 aromatic carbocycles. The van der Waals surface area contributed by atoms with Crippen LogP contribution in [0.2, 0.25) is 18.1 Å². The van der Waals surface area contributed by atoms with Crippen LogP contribution in [0, 0.1) is 30.1 Å². The van der Waals surface area contributed by atoms with Crippen molar-refractivity contribution in [1.82, 2.24) is 10.3 Å². The molecule has 41 heavy (non-hydrogen) atoms. The number of aryl methyl sites for hydroxylation is 1. The highest BCUT2D eigenvalue weighted by molar-refractivity contribution is 7.09. The van der Waals surface area contributed by atoms with Crippen molar-refractivity contribution in [1.29, 1.82) is 0 Å². The molecular weight excluding hydrogens is 545 g/mol. The van der Waals surface area contributed by atoms with Gasteiger partial charge in [-0.05, 0) is 81.7 Å². The number of carbonyl (C=O) groups excluding carboxylic acids is 2. The number of Topliss-reactive ketones (excluding diaryl/α,β-unsaturated/α-hetero) is 1. The molecule has 232 valence electrons. The maximum atomic E-state index is 14.2. The largest absolute Gasteiger partial charge is 0.412 e. The van der Waals surface area contributed by atoms with Crippen LogP contribution in [0.1, 0.15) is 112 Å². The van der Waals surface area contributed by atoms with Gasteiger partial charge in [0.2, 0.25) is 5.91 Å². The van der Waals surface area contributed by atoms with Gasteiger partial charge in [-0.15, -0.1) is 11.3 Å². The summed E-state index contributed by atoms with van der Waals surface area (Å²) in [4.78, 5) is 32.6. The number of aromatic nitrogens is 1. The molecule has 1 N–H and O–H groups in total. The van der Waals surface area contributed by atoms with Gasteiger partial charge in [-0.2, -0.15) is 0 Å². The summed E-state index contributed by atoms with van der Waals surface area (Å²) in [6.45, 7) is 27.8. The lowest BCUT2D eigenvalue weighted by Gasteiger charge is -2.45. The second-order valence-electron chi connectivity index (χ2n) is 14.8. The Labute approximate surface area is 256 Å². The molecule has 1 aromatic heterocycles. The Hall–Kier alpha value is -1.57. The van der Waals surface area contributed by atoms with E-state index in [4.69, 9.17) is 4.43 Å². The van der Waals surface area contributed by atoms with Crippen LogP contribution in [0.25, 0.3) is 6.08 Å². The molecule has 7 heteroatoms. The van der Waals surface area contributed by atoms with Crippen molar-refractivity contribution in [2.24, 2.45) is 23.2 Å². The Morgan fingerprint density at radius 3 is 2.34 bits per heavy atom. The van der Waals surface area contributed by atoms with E-state index in [1.54, 1.807) is 11.3 Å². The van der Waals surface area contributed by atoms with Gasteiger partial charge >= 0.3 is 0 Å². The van der Waals surface area contributed by atoms with Gasteiger partial charge in [-0.25, -0.2) is 4.98 Å². The van der Waals surface area contributed by atoms with Gasteiger partial charge in [0, 0.05) is 16.7 Å². The minimum absolute atomic E-state index is 0.0410. The summed E-state index contributed by atoms with van der Waals surface area (Å²) in [5.74, 6) is 0.708. The van der Waals surface area contributed by atoms with Gasteiger partial charge in [0.25, 0.3) is 0 Å². The number of amides is 1. The Kier molecular flexibility index (Phi) is 12.4. The van der Waals surface area contributed by atoms with E-state index in [0.29, 0.717) is 5.92 Å². The molecule has 0 bridgehead atoms. The van der Waals surface area contributed by atoms with Crippen LogP contribution in [-0.2, 0) is 14.0 Å². The van der Waals surface area contributed by atoms with E-state index in [-0.39, 0.29) is 41.0 Å². The van der Waals surface area contributed by atoms with Gasteiger partial charge in [0.05, 0.1) is 29.3 Å². The zero-order chi connectivity index (χ0) is 31.3. The molecule has 0 unspecified atom stereocenters. The van der Waals surface area contributed by atoms with Gasteiger partial charge in [-0.1, -0.05) is 73.5 Å². The third kappa shape index (κ3) is 9.72. The second kappa shape index (κ2) is 14.3. The van der Waals surface area contributed by atoms with E-state index in [1.165, 1.54) is 5.57 Å². The third-order valence-corrected chi connectivity index (χ3v) is 15.2. The lowest BCUT2D eigenvalue weighted by Crippen LogP contribution is -2.53. The first-order valence-electron chi connectivity index (χ1n) is 15.5. The lowest BCUT2D eigenvalue weighted by atomic mass is 9.70. The molecule has 1 aliphatic heterocycles. The Morgan fingerprint density at radius 1 is 1.15 bits per heavy atom. The zero-order valence-corrected chi connectivity index (χ0v) is 30.1. The third-order valence-electron chi connectivity index (χ3n) is 9.93. The van der Waals surface area contributed by atoms with Crippen molar-refractivity contribution >= 4 is 37.4 Å². The molecule has 1 aromatic rings. The Bertz CT molecular complexity index is 1110. The number of rotatable bonds is 4. The van der Waals surface area contributed by atoms with Gasteiger partial charge in [0.15, 0.2) is 8.32 Å². The van der Waals surface area contributed by atoms with Crippen molar-refractivity contribution in [2.45, 2.75) is 139 Å². The number of allylic oxidation sites excluding steroid dienone is 1. The van der Waals surface area contributed by atoms with Gasteiger partial charge in [0.1, 0.15) is 5.78 Å². The van der Waals surface area contributed by atoms with E-state index in [1.807, 2.05) is 20.8 Å². The summed E-state index contributed by atoms with van der Waals surface area (Å²) in [6, 6.07) is -0.154. The molecular formula is C34H58N2O3SSi. The van der Waals surface area contributed by atoms with Crippen molar-refractivity contribution in [3.05, 3.63) is 33.3 Å². The lowest BCUT2D eigenvalue weighted by molar-refractivity contribution is -0.140. The summed E-state index contributed by atoms with van der Waals surface area (Å²) >= 11 is 1.63. The van der Waals surface area contributed by atoms with Crippen LogP contribution < -0.4 is 5.32 Å². The summed E-state index contributed by atoms with van der Waals surface area (Å²) < 4.78 is 6.95. The number of thiazole rings is 1. The molecule has 0 spiro atoms. The fourth-order valence-corrected chi connectivity index (χ4v) is 7.45. The molecule has 0 saturated carbocycles. The molecule has 2 rings (SSSR count). The minimum Gasteiger partial charge on any atom is -0.412 e. The van der Waals surface area contributed by atoms with Crippen LogP contribution in [0.5, 0.6) is 0 Å². The normalized spacial score (nSPS) is 29.5. The van der Waals surface area contributed by atoms with Crippen LogP contribution in [-0.4, -0.2) is 37.1 Å². The molecule has 5 nitrogen and oxygen atoms in total. The van der Waals surface area contributed by atoms with E-state index < -0.39 is 19.8 Å². The van der Waals surface area contributed by atoms with Crippen LogP contribution in [0.4, 0.5) is 0 Å². The average Bonchev–Trinajstić information content (AvgIpc) is 3.26. The van der Waals surface area contributed by atoms with Crippen molar-refractivity contribution in [2.75, 3.05) is 0 Å². The van der Waals surface area contributed by atoms with Gasteiger partial charge in [-0.3, -0.25) is 9.59 Å². The second-order valence-corrected chi connectivity index (χ2v) is 20.6. The van der Waals surface area contributed by atoms with E-state index in [0.717, 1.165) is 42.0 Å². The Balaban J connectivity index is 2.54. The minimum atomic E-state index is -2.27. The topological polar surface area (TPSA) is 68.3 Å². The first-order chi connectivity index (χ1) is 18.8. The van der Waals surface area contributed by atoms with Crippen LogP contribution in [0.3, 0.4) is 0 Å². The predicted octanol–water partition coefficient (Wildman–Crippen LogP) is 9.14. The van der Waals surface area contributed by atoms with Gasteiger partial charge < -0.3 is 9.74 Å². The molecule has 2 heterocycles. The summed E-state index contributed by atoms with van der Waals surface area (Å²) in [6.07, 6.45) is 8.00.